The van der Waals surface area contributed by atoms with Crippen LogP contribution in [0.2, 0.25) is 0 Å². The van der Waals surface area contributed by atoms with Crippen molar-refractivity contribution in [3.63, 3.8) is 0 Å². The number of hydrogen-bond donors (Lipinski definition) is 2. The molecule has 2 N–H and O–H groups in total. The number of hydrogen-bond acceptors (Lipinski definition) is 5. The molecule has 2 amide bonds. The first-order valence-corrected chi connectivity index (χ1v) is 15.2. The van der Waals surface area contributed by atoms with Gasteiger partial charge in [-0.05, 0) is 72.5 Å². The quantitative estimate of drug-likeness (QED) is 0.413. The number of carbonyl (C=O) groups excluding carboxylic acids is 2. The van der Waals surface area contributed by atoms with Gasteiger partial charge in [-0.3, -0.25) is 9.59 Å². The van der Waals surface area contributed by atoms with E-state index in [1.165, 1.54) is 29.2 Å². The van der Waals surface area contributed by atoms with Crippen molar-refractivity contribution < 1.29 is 26.8 Å². The first-order chi connectivity index (χ1) is 19.2. The third kappa shape index (κ3) is 6.92. The zero-order valence-corrected chi connectivity index (χ0v) is 22.7. The Labute approximate surface area is 232 Å². The van der Waals surface area contributed by atoms with Crippen LogP contribution in [0.15, 0.2) is 72.8 Å². The highest BCUT2D eigenvalue weighted by Gasteiger charge is 2.38. The predicted octanol–water partition coefficient (Wildman–Crippen LogP) is 3.52. The van der Waals surface area contributed by atoms with Crippen molar-refractivity contribution >= 4 is 21.7 Å². The van der Waals surface area contributed by atoms with Gasteiger partial charge in [-0.1, -0.05) is 36.4 Å². The Morgan fingerprint density at radius 3 is 2.00 bits per heavy atom. The first-order valence-electron chi connectivity index (χ1n) is 13.3. The molecule has 0 radical (unpaired) electrons. The van der Waals surface area contributed by atoms with Crippen LogP contribution in [-0.4, -0.2) is 68.4 Å². The third-order valence-electron chi connectivity index (χ3n) is 7.51. The average Bonchev–Trinajstić information content (AvgIpc) is 3.72. The largest absolute Gasteiger partial charge is 0.340 e. The van der Waals surface area contributed by atoms with Gasteiger partial charge in [0, 0.05) is 30.6 Å². The molecule has 1 aliphatic heterocycles. The summed E-state index contributed by atoms with van der Waals surface area (Å²) in [7, 11) is -3.16. The maximum atomic E-state index is 13.4. The van der Waals surface area contributed by atoms with Gasteiger partial charge < -0.3 is 15.5 Å². The normalized spacial score (nSPS) is 20.5. The van der Waals surface area contributed by atoms with E-state index < -0.39 is 21.8 Å². The van der Waals surface area contributed by atoms with Crippen LogP contribution in [0.25, 0.3) is 11.1 Å². The number of nitrogens with zero attached hydrogens (tertiary/aromatic N) is 1. The fourth-order valence-corrected chi connectivity index (χ4v) is 6.22. The van der Waals surface area contributed by atoms with Crippen molar-refractivity contribution in [2.24, 2.45) is 0 Å². The second-order valence-corrected chi connectivity index (χ2v) is 12.6. The minimum Gasteiger partial charge on any atom is -0.340 e. The van der Waals surface area contributed by atoms with Crippen LogP contribution in [0.4, 0.5) is 8.78 Å². The number of sulfone groups is 1. The molecule has 0 bridgehead atoms. The lowest BCUT2D eigenvalue weighted by Crippen LogP contribution is -2.53. The second kappa shape index (κ2) is 11.9. The molecule has 5 rings (SSSR count). The maximum Gasteiger partial charge on any atom is 0.251 e. The van der Waals surface area contributed by atoms with Crippen molar-refractivity contribution in [2.75, 3.05) is 31.1 Å². The molecule has 7 nitrogen and oxygen atoms in total. The summed E-state index contributed by atoms with van der Waals surface area (Å²) in [5, 5.41) is 6.28. The number of nitrogens with one attached hydrogen (secondary N) is 2. The van der Waals surface area contributed by atoms with Gasteiger partial charge in [0.2, 0.25) is 5.91 Å². The topological polar surface area (TPSA) is 95.6 Å². The van der Waals surface area contributed by atoms with Crippen LogP contribution < -0.4 is 10.6 Å². The Kier molecular flexibility index (Phi) is 8.27. The number of benzene rings is 3. The van der Waals surface area contributed by atoms with Gasteiger partial charge in [-0.2, -0.15) is 0 Å². The van der Waals surface area contributed by atoms with Crippen molar-refractivity contribution in [3.8, 4) is 11.1 Å². The molecule has 210 valence electrons. The molecule has 1 heterocycles. The highest BCUT2D eigenvalue weighted by atomic mass is 32.2. The molecule has 10 heteroatoms. The summed E-state index contributed by atoms with van der Waals surface area (Å²) >= 11 is 0. The van der Waals surface area contributed by atoms with E-state index in [-0.39, 0.29) is 54.1 Å². The van der Waals surface area contributed by atoms with Gasteiger partial charge in [0.25, 0.3) is 5.91 Å². The van der Waals surface area contributed by atoms with Crippen LogP contribution >= 0.6 is 0 Å². The summed E-state index contributed by atoms with van der Waals surface area (Å²) < 4.78 is 50.2. The lowest BCUT2D eigenvalue weighted by Gasteiger charge is -2.30. The molecule has 0 spiro atoms. The lowest BCUT2D eigenvalue weighted by molar-refractivity contribution is -0.133. The van der Waals surface area contributed by atoms with Crippen LogP contribution in [-0.2, 0) is 14.6 Å². The molecule has 3 atom stereocenters. The number of carbonyl (C=O) groups is 2. The monoisotopic (exact) mass is 567 g/mol. The Bertz CT molecular complexity index is 1450. The number of halogens is 2. The fraction of sp³-hybridized carbons (Fsp3) is 0.333. The average molecular weight is 568 g/mol. The van der Waals surface area contributed by atoms with Crippen LogP contribution in [0.3, 0.4) is 0 Å². The van der Waals surface area contributed by atoms with Gasteiger partial charge >= 0.3 is 0 Å². The summed E-state index contributed by atoms with van der Waals surface area (Å²) in [4.78, 5) is 28.0. The zero-order chi connectivity index (χ0) is 28.3. The molecule has 3 aromatic rings. The van der Waals surface area contributed by atoms with E-state index in [1.54, 1.807) is 48.5 Å². The molecule has 3 aromatic carbocycles. The number of rotatable bonds is 9. The van der Waals surface area contributed by atoms with Crippen molar-refractivity contribution in [3.05, 3.63) is 95.6 Å². The minimum absolute atomic E-state index is 0.0933. The summed E-state index contributed by atoms with van der Waals surface area (Å²) in [6, 6.07) is 18.7. The summed E-state index contributed by atoms with van der Waals surface area (Å²) in [6.45, 7) is 0.667. The second-order valence-electron chi connectivity index (χ2n) is 10.3. The van der Waals surface area contributed by atoms with E-state index in [0.29, 0.717) is 18.5 Å². The number of amides is 2. The fourth-order valence-electron chi connectivity index (χ4n) is 5.02. The van der Waals surface area contributed by atoms with Crippen LogP contribution in [0.5, 0.6) is 0 Å². The smallest absolute Gasteiger partial charge is 0.251 e. The van der Waals surface area contributed by atoms with Crippen molar-refractivity contribution in [1.82, 2.24) is 15.5 Å². The van der Waals surface area contributed by atoms with Crippen LogP contribution in [0.1, 0.15) is 34.7 Å². The Hall–Kier alpha value is -3.63. The standard InChI is InChI=1S/C30H31F2N3O4S/c31-24-9-5-21(6-10-24)20-1-3-23(4-2-20)29(36)34-27(30(37)35-15-17-40(38,39)18-16-35)13-14-33-28-19-26(28)22-7-11-25(32)12-8-22/h1-12,26-28,33H,13-19H2,(H,34,36)/t26-,27-,28+/m0/s1. The summed E-state index contributed by atoms with van der Waals surface area (Å²) in [6.07, 6.45) is 1.23. The molecular formula is C30H31F2N3O4S. The van der Waals surface area contributed by atoms with E-state index in [1.807, 2.05) is 0 Å². The highest BCUT2D eigenvalue weighted by Crippen LogP contribution is 2.40. The minimum atomic E-state index is -3.16. The van der Waals surface area contributed by atoms with E-state index in [9.17, 15) is 26.8 Å². The lowest BCUT2D eigenvalue weighted by atomic mass is 10.0. The Morgan fingerprint density at radius 1 is 0.850 bits per heavy atom. The van der Waals surface area contributed by atoms with Gasteiger partial charge in [0.1, 0.15) is 17.7 Å². The Balaban J connectivity index is 1.22. The van der Waals surface area contributed by atoms with Crippen molar-refractivity contribution in [1.29, 1.82) is 0 Å². The molecule has 2 fully saturated rings. The van der Waals surface area contributed by atoms with E-state index in [0.717, 1.165) is 23.1 Å². The summed E-state index contributed by atoms with van der Waals surface area (Å²) in [5.74, 6) is -1.24. The van der Waals surface area contributed by atoms with Gasteiger partial charge in [-0.25, -0.2) is 17.2 Å². The Morgan fingerprint density at radius 2 is 1.40 bits per heavy atom. The van der Waals surface area contributed by atoms with Crippen molar-refractivity contribution in [2.45, 2.75) is 30.8 Å². The highest BCUT2D eigenvalue weighted by molar-refractivity contribution is 7.91. The third-order valence-corrected chi connectivity index (χ3v) is 9.12. The van der Waals surface area contributed by atoms with E-state index >= 15 is 0 Å². The molecular weight excluding hydrogens is 536 g/mol. The zero-order valence-electron chi connectivity index (χ0n) is 21.9. The molecule has 0 aromatic heterocycles. The predicted molar refractivity (Wildman–Crippen MR) is 148 cm³/mol. The van der Waals surface area contributed by atoms with Crippen LogP contribution in [0, 0.1) is 11.6 Å². The van der Waals surface area contributed by atoms with Gasteiger partial charge in [-0.15, -0.1) is 0 Å². The van der Waals surface area contributed by atoms with E-state index in [4.69, 9.17) is 0 Å². The SMILES string of the molecule is O=C(N[C@@H](CCN[C@@H]1C[C@H]1c1ccc(F)cc1)C(=O)N1CCS(=O)(=O)CC1)c1ccc(-c2ccc(F)cc2)cc1. The maximum absolute atomic E-state index is 13.4. The summed E-state index contributed by atoms with van der Waals surface area (Å²) in [5.41, 5.74) is 3.06. The molecule has 2 aliphatic rings. The first kappa shape index (κ1) is 27.9. The van der Waals surface area contributed by atoms with E-state index in [2.05, 4.69) is 10.6 Å². The molecule has 40 heavy (non-hydrogen) atoms. The molecule has 0 unspecified atom stereocenters. The molecule has 1 aliphatic carbocycles. The molecule has 1 saturated carbocycles. The van der Waals surface area contributed by atoms with Gasteiger partial charge in [0.05, 0.1) is 11.5 Å². The van der Waals surface area contributed by atoms with Gasteiger partial charge in [0.15, 0.2) is 9.84 Å². The molecule has 1 saturated heterocycles.